The average Bonchev–Trinajstić information content (AvgIpc) is 3.40. The number of thioether (sulfide) groups is 1. The average molecular weight is 528 g/mol. The smallest absolute Gasteiger partial charge is 0.253 e. The number of anilines is 1. The number of hydrogen-bond donors (Lipinski definition) is 2. The lowest BCUT2D eigenvalue weighted by Crippen LogP contribution is -2.31. The molecule has 3 rings (SSSR count). The number of benzene rings is 1. The number of nitrogens with zero attached hydrogens (tertiary/aromatic N) is 4. The fourth-order valence-corrected chi connectivity index (χ4v) is 4.99. The fourth-order valence-electron chi connectivity index (χ4n) is 3.14. The molecule has 2 amide bonds. The summed E-state index contributed by atoms with van der Waals surface area (Å²) in [6.07, 6.45) is 2.29. The van der Waals surface area contributed by atoms with Gasteiger partial charge in [0, 0.05) is 23.1 Å². The third-order valence-corrected chi connectivity index (χ3v) is 6.78. The molecule has 0 bridgehead atoms. The highest BCUT2D eigenvalue weighted by Gasteiger charge is 2.25. The number of amides is 2. The van der Waals surface area contributed by atoms with Gasteiger partial charge in [-0.05, 0) is 37.5 Å². The van der Waals surface area contributed by atoms with E-state index in [-0.39, 0.29) is 34.5 Å². The van der Waals surface area contributed by atoms with Crippen molar-refractivity contribution in [2.24, 2.45) is 5.92 Å². The second-order valence-corrected chi connectivity index (χ2v) is 10.2. The maximum atomic E-state index is 13.0. The minimum atomic E-state index is -0.379. The number of halogens is 2. The largest absolute Gasteiger partial charge is 0.342 e. The van der Waals surface area contributed by atoms with Crippen molar-refractivity contribution in [3.63, 3.8) is 0 Å². The van der Waals surface area contributed by atoms with Crippen LogP contribution in [-0.4, -0.2) is 37.3 Å². The number of nitrogens with one attached hydrogen (secondary N) is 2. The number of carbonyl (C=O) groups is 2. The molecule has 0 unspecified atom stereocenters. The monoisotopic (exact) mass is 526 g/mol. The predicted octanol–water partition coefficient (Wildman–Crippen LogP) is 5.31. The Labute approximate surface area is 210 Å². The second kappa shape index (κ2) is 11.8. The maximum Gasteiger partial charge on any atom is 0.253 e. The molecule has 0 fully saturated rings. The molecule has 33 heavy (non-hydrogen) atoms. The summed E-state index contributed by atoms with van der Waals surface area (Å²) < 4.78 is 1.91. The van der Waals surface area contributed by atoms with E-state index < -0.39 is 0 Å². The van der Waals surface area contributed by atoms with Gasteiger partial charge in [-0.25, -0.2) is 4.98 Å². The molecule has 1 atom stereocenters. The zero-order chi connectivity index (χ0) is 24.0. The SMILES string of the molecule is CCn1c(SCC(=O)Nc2nccs2)nnc1[C@H](CC(C)C)NC(=O)c1ccc(Cl)cc1Cl. The second-order valence-electron chi connectivity index (χ2n) is 7.54. The van der Waals surface area contributed by atoms with Crippen molar-refractivity contribution in [1.29, 1.82) is 0 Å². The molecule has 8 nitrogen and oxygen atoms in total. The molecule has 12 heteroatoms. The van der Waals surface area contributed by atoms with Gasteiger partial charge < -0.3 is 15.2 Å². The molecule has 2 heterocycles. The Hall–Kier alpha value is -2.14. The molecule has 176 valence electrons. The minimum absolute atomic E-state index is 0.166. The molecular formula is C21H24Cl2N6O2S2. The van der Waals surface area contributed by atoms with Gasteiger partial charge in [0.25, 0.3) is 5.91 Å². The highest BCUT2D eigenvalue weighted by Crippen LogP contribution is 2.27. The van der Waals surface area contributed by atoms with Crippen molar-refractivity contribution in [2.75, 3.05) is 11.1 Å². The number of hydrogen-bond acceptors (Lipinski definition) is 7. The first-order valence-corrected chi connectivity index (χ1v) is 12.9. The van der Waals surface area contributed by atoms with Crippen molar-refractivity contribution < 1.29 is 9.59 Å². The zero-order valence-corrected chi connectivity index (χ0v) is 21.5. The lowest BCUT2D eigenvalue weighted by molar-refractivity contribution is -0.113. The van der Waals surface area contributed by atoms with Gasteiger partial charge in [0.2, 0.25) is 5.91 Å². The van der Waals surface area contributed by atoms with Crippen molar-refractivity contribution in [1.82, 2.24) is 25.1 Å². The van der Waals surface area contributed by atoms with E-state index >= 15 is 0 Å². The number of thiazole rings is 1. The van der Waals surface area contributed by atoms with Crippen LogP contribution in [0.2, 0.25) is 10.0 Å². The van der Waals surface area contributed by atoms with Crippen molar-refractivity contribution >= 4 is 63.2 Å². The van der Waals surface area contributed by atoms with Gasteiger partial charge in [-0.1, -0.05) is 48.8 Å². The van der Waals surface area contributed by atoms with E-state index in [0.29, 0.717) is 39.7 Å². The highest BCUT2D eigenvalue weighted by atomic mass is 35.5. The Morgan fingerprint density at radius 3 is 2.67 bits per heavy atom. The molecule has 1 aromatic carbocycles. The molecule has 3 aromatic rings. The van der Waals surface area contributed by atoms with Gasteiger partial charge >= 0.3 is 0 Å². The number of carbonyl (C=O) groups excluding carboxylic acids is 2. The van der Waals surface area contributed by atoms with Crippen molar-refractivity contribution in [2.45, 2.75) is 44.9 Å². The Bertz CT molecular complexity index is 1100. The van der Waals surface area contributed by atoms with Crippen LogP contribution < -0.4 is 10.6 Å². The number of rotatable bonds is 10. The van der Waals surface area contributed by atoms with Gasteiger partial charge in [0.1, 0.15) is 0 Å². The molecule has 0 saturated heterocycles. The van der Waals surface area contributed by atoms with Crippen LogP contribution >= 0.6 is 46.3 Å². The molecule has 0 saturated carbocycles. The first-order valence-electron chi connectivity index (χ1n) is 10.3. The summed E-state index contributed by atoms with van der Waals surface area (Å²) in [6, 6.07) is 4.38. The quantitative estimate of drug-likeness (QED) is 0.347. The van der Waals surface area contributed by atoms with Crippen LogP contribution in [-0.2, 0) is 11.3 Å². The summed E-state index contributed by atoms with van der Waals surface area (Å²) in [6.45, 7) is 6.70. The standard InChI is InChI=1S/C21H24Cl2N6O2S2/c1-4-29-18(27-28-21(29)33-11-17(30)26-20-24-7-8-32-20)16(9-12(2)3)25-19(31)14-6-5-13(22)10-15(14)23/h5-8,10,12,16H,4,9,11H2,1-3H3,(H,25,31)(H,24,26,30)/t16-/m0/s1. The van der Waals surface area contributed by atoms with Gasteiger partial charge in [0.05, 0.1) is 22.4 Å². The third-order valence-electron chi connectivity index (χ3n) is 4.57. The zero-order valence-electron chi connectivity index (χ0n) is 18.3. The third kappa shape index (κ3) is 6.92. The van der Waals surface area contributed by atoms with Crippen LogP contribution in [0.15, 0.2) is 34.9 Å². The fraction of sp³-hybridized carbons (Fsp3) is 0.381. The van der Waals surface area contributed by atoms with E-state index in [9.17, 15) is 9.59 Å². The lowest BCUT2D eigenvalue weighted by Gasteiger charge is -2.21. The van der Waals surface area contributed by atoms with Crippen LogP contribution in [0, 0.1) is 5.92 Å². The molecule has 0 radical (unpaired) electrons. The van der Waals surface area contributed by atoms with E-state index in [1.807, 2.05) is 11.5 Å². The predicted molar refractivity (Wildman–Crippen MR) is 133 cm³/mol. The molecule has 2 aromatic heterocycles. The van der Waals surface area contributed by atoms with Gasteiger partial charge in [-0.3, -0.25) is 9.59 Å². The van der Waals surface area contributed by atoms with E-state index in [2.05, 4.69) is 39.7 Å². The number of aromatic nitrogens is 4. The summed E-state index contributed by atoms with van der Waals surface area (Å²) in [4.78, 5) is 29.2. The Balaban J connectivity index is 1.76. The summed E-state index contributed by atoms with van der Waals surface area (Å²) >= 11 is 14.8. The van der Waals surface area contributed by atoms with Crippen LogP contribution in [0.25, 0.3) is 0 Å². The van der Waals surface area contributed by atoms with Crippen LogP contribution in [0.4, 0.5) is 5.13 Å². The summed E-state index contributed by atoms with van der Waals surface area (Å²) in [5.41, 5.74) is 0.339. The first-order chi connectivity index (χ1) is 15.8. The molecule has 0 aliphatic rings. The maximum absolute atomic E-state index is 13.0. The van der Waals surface area contributed by atoms with E-state index in [4.69, 9.17) is 23.2 Å². The Morgan fingerprint density at radius 1 is 1.24 bits per heavy atom. The molecule has 0 aliphatic carbocycles. The van der Waals surface area contributed by atoms with Gasteiger partial charge in [-0.2, -0.15) is 0 Å². The normalized spacial score (nSPS) is 12.1. The molecular weight excluding hydrogens is 503 g/mol. The molecule has 0 spiro atoms. The Kier molecular flexibility index (Phi) is 9.13. The van der Waals surface area contributed by atoms with Gasteiger partial charge in [-0.15, -0.1) is 21.5 Å². The summed E-state index contributed by atoms with van der Waals surface area (Å²) in [5.74, 6) is 0.599. The van der Waals surface area contributed by atoms with Crippen molar-refractivity contribution in [3.8, 4) is 0 Å². The molecule has 0 aliphatic heterocycles. The summed E-state index contributed by atoms with van der Waals surface area (Å²) in [7, 11) is 0. The van der Waals surface area contributed by atoms with E-state index in [1.165, 1.54) is 29.2 Å². The summed E-state index contributed by atoms with van der Waals surface area (Å²) in [5, 5.41) is 18.1. The molecule has 2 N–H and O–H groups in total. The highest BCUT2D eigenvalue weighted by molar-refractivity contribution is 7.99. The topological polar surface area (TPSA) is 102 Å². The van der Waals surface area contributed by atoms with Gasteiger partial charge in [0.15, 0.2) is 16.1 Å². The Morgan fingerprint density at radius 2 is 2.03 bits per heavy atom. The van der Waals surface area contributed by atoms with Crippen LogP contribution in [0.3, 0.4) is 0 Å². The van der Waals surface area contributed by atoms with Crippen LogP contribution in [0.5, 0.6) is 0 Å². The minimum Gasteiger partial charge on any atom is -0.342 e. The van der Waals surface area contributed by atoms with E-state index in [0.717, 1.165) is 0 Å². The van der Waals surface area contributed by atoms with Crippen LogP contribution in [0.1, 0.15) is 49.4 Å². The lowest BCUT2D eigenvalue weighted by atomic mass is 10.0. The van der Waals surface area contributed by atoms with Crippen molar-refractivity contribution in [3.05, 3.63) is 51.2 Å². The van der Waals surface area contributed by atoms with E-state index in [1.54, 1.807) is 23.7 Å². The first kappa shape index (κ1) is 25.5.